The molecule has 1 amide bonds. The highest BCUT2D eigenvalue weighted by Crippen LogP contribution is 2.28. The second kappa shape index (κ2) is 7.15. The van der Waals surface area contributed by atoms with E-state index in [2.05, 4.69) is 41.2 Å². The van der Waals surface area contributed by atoms with Gasteiger partial charge in [0.15, 0.2) is 0 Å². The Bertz CT molecular complexity index is 610. The van der Waals surface area contributed by atoms with E-state index in [1.807, 2.05) is 6.92 Å². The number of hydrogen-bond acceptors (Lipinski definition) is 4. The summed E-state index contributed by atoms with van der Waals surface area (Å²) in [5.41, 5.74) is 2.28. The van der Waals surface area contributed by atoms with Crippen LogP contribution in [0.4, 0.5) is 5.69 Å². The predicted molar refractivity (Wildman–Crippen MR) is 85.8 cm³/mol. The third-order valence-corrected chi connectivity index (χ3v) is 4.29. The molecule has 0 spiro atoms. The van der Waals surface area contributed by atoms with Crippen molar-refractivity contribution >= 4 is 11.6 Å². The van der Waals surface area contributed by atoms with Crippen molar-refractivity contribution in [3.63, 3.8) is 0 Å². The van der Waals surface area contributed by atoms with Gasteiger partial charge < -0.3 is 4.90 Å². The van der Waals surface area contributed by atoms with Crippen LogP contribution in [0.5, 0.6) is 0 Å². The van der Waals surface area contributed by atoms with Crippen LogP contribution in [0.15, 0.2) is 24.7 Å². The molecule has 2 heterocycles. The Labute approximate surface area is 130 Å². The highest BCUT2D eigenvalue weighted by molar-refractivity contribution is 6.06. The zero-order valence-electron chi connectivity index (χ0n) is 13.6. The molecule has 6 heteroatoms. The van der Waals surface area contributed by atoms with Gasteiger partial charge in [-0.25, -0.2) is 0 Å². The normalized spacial score (nSPS) is 13.6. The molecular formula is C16H23N5O. The molecule has 1 N–H and O–H groups in total. The van der Waals surface area contributed by atoms with Crippen LogP contribution < -0.4 is 4.90 Å². The Morgan fingerprint density at radius 3 is 2.64 bits per heavy atom. The van der Waals surface area contributed by atoms with Crippen LogP contribution in [-0.2, 0) is 0 Å². The van der Waals surface area contributed by atoms with Crippen molar-refractivity contribution in [2.45, 2.75) is 40.0 Å². The molecule has 0 aliphatic carbocycles. The van der Waals surface area contributed by atoms with E-state index in [-0.39, 0.29) is 11.8 Å². The molecule has 0 fully saturated rings. The summed E-state index contributed by atoms with van der Waals surface area (Å²) in [5.74, 6) is 0.666. The van der Waals surface area contributed by atoms with E-state index in [9.17, 15) is 4.79 Å². The number of rotatable bonds is 6. The van der Waals surface area contributed by atoms with Crippen molar-refractivity contribution in [3.05, 3.63) is 35.9 Å². The molecule has 22 heavy (non-hydrogen) atoms. The Morgan fingerprint density at radius 2 is 2.05 bits per heavy atom. The van der Waals surface area contributed by atoms with E-state index in [4.69, 9.17) is 0 Å². The topological polar surface area (TPSA) is 74.8 Å². The molecule has 0 bridgehead atoms. The van der Waals surface area contributed by atoms with E-state index >= 15 is 0 Å². The minimum absolute atomic E-state index is 0.0607. The lowest BCUT2D eigenvalue weighted by molar-refractivity contribution is 0.0986. The molecule has 0 aliphatic rings. The largest absolute Gasteiger partial charge is 0.307 e. The van der Waals surface area contributed by atoms with Gasteiger partial charge in [-0.05, 0) is 18.9 Å². The molecule has 2 atom stereocenters. The number of aromatic nitrogens is 4. The second-order valence-electron chi connectivity index (χ2n) is 5.52. The number of aromatic amines is 1. The van der Waals surface area contributed by atoms with Crippen molar-refractivity contribution < 1.29 is 4.79 Å². The van der Waals surface area contributed by atoms with Gasteiger partial charge >= 0.3 is 0 Å². The van der Waals surface area contributed by atoms with Crippen LogP contribution >= 0.6 is 0 Å². The number of anilines is 1. The minimum atomic E-state index is -0.0607. The first-order valence-electron chi connectivity index (χ1n) is 7.71. The monoisotopic (exact) mass is 301 g/mol. The lowest BCUT2D eigenvalue weighted by atomic mass is 9.89. The van der Waals surface area contributed by atoms with E-state index in [1.54, 1.807) is 29.6 Å². The molecule has 6 nitrogen and oxygen atoms in total. The highest BCUT2D eigenvalue weighted by atomic mass is 16.2. The maximum Gasteiger partial charge on any atom is 0.261 e. The summed E-state index contributed by atoms with van der Waals surface area (Å²) in [6, 6.07) is 1.78. The van der Waals surface area contributed by atoms with Crippen LogP contribution in [0.25, 0.3) is 0 Å². The highest BCUT2D eigenvalue weighted by Gasteiger charge is 2.25. The van der Waals surface area contributed by atoms with Gasteiger partial charge in [0.2, 0.25) is 0 Å². The number of carbonyl (C=O) groups excluding carboxylic acids is 1. The fourth-order valence-corrected chi connectivity index (χ4v) is 2.48. The SMILES string of the molecule is CC[C@@H](C)C(C)c1[nH]ncc1C(=O)N(CC)c1ccnnc1. The summed E-state index contributed by atoms with van der Waals surface area (Å²) in [5, 5.41) is 14.7. The smallest absolute Gasteiger partial charge is 0.261 e. The molecular weight excluding hydrogens is 278 g/mol. The quantitative estimate of drug-likeness (QED) is 0.890. The second-order valence-corrected chi connectivity index (χ2v) is 5.52. The Balaban J connectivity index is 2.32. The molecule has 2 aromatic rings. The summed E-state index contributed by atoms with van der Waals surface area (Å²) in [4.78, 5) is 14.6. The third-order valence-electron chi connectivity index (χ3n) is 4.29. The molecule has 2 rings (SSSR count). The molecule has 0 aromatic carbocycles. The maximum absolute atomic E-state index is 12.9. The van der Waals surface area contributed by atoms with Gasteiger partial charge in [-0.2, -0.15) is 15.3 Å². The predicted octanol–water partition coefficient (Wildman–Crippen LogP) is 3.02. The molecule has 0 aliphatic heterocycles. The van der Waals surface area contributed by atoms with E-state index in [1.165, 1.54) is 0 Å². The Kier molecular flexibility index (Phi) is 5.25. The fourth-order valence-electron chi connectivity index (χ4n) is 2.48. The van der Waals surface area contributed by atoms with Gasteiger partial charge in [0.05, 0.1) is 35.5 Å². The lowest BCUT2D eigenvalue weighted by Gasteiger charge is -2.22. The number of H-pyrrole nitrogens is 1. The molecule has 2 aromatic heterocycles. The zero-order valence-corrected chi connectivity index (χ0v) is 13.6. The van der Waals surface area contributed by atoms with Crippen LogP contribution in [0.1, 0.15) is 56.1 Å². The van der Waals surface area contributed by atoms with Crippen molar-refractivity contribution in [2.24, 2.45) is 5.92 Å². The number of nitrogens with zero attached hydrogens (tertiary/aromatic N) is 4. The van der Waals surface area contributed by atoms with Crippen LogP contribution in [0.2, 0.25) is 0 Å². The van der Waals surface area contributed by atoms with Crippen molar-refractivity contribution in [1.29, 1.82) is 0 Å². The van der Waals surface area contributed by atoms with Gasteiger partial charge in [-0.15, -0.1) is 0 Å². The van der Waals surface area contributed by atoms with Crippen LogP contribution in [-0.4, -0.2) is 32.8 Å². The van der Waals surface area contributed by atoms with E-state index < -0.39 is 0 Å². The molecule has 1 unspecified atom stereocenters. The zero-order chi connectivity index (χ0) is 16.1. The average molecular weight is 301 g/mol. The van der Waals surface area contributed by atoms with Gasteiger partial charge in [0.1, 0.15) is 0 Å². The summed E-state index contributed by atoms with van der Waals surface area (Å²) in [6.45, 7) is 8.97. The number of nitrogens with one attached hydrogen (secondary N) is 1. The first-order valence-corrected chi connectivity index (χ1v) is 7.71. The Hall–Kier alpha value is -2.24. The summed E-state index contributed by atoms with van der Waals surface area (Å²) >= 11 is 0. The van der Waals surface area contributed by atoms with E-state index in [0.717, 1.165) is 17.8 Å². The summed E-state index contributed by atoms with van der Waals surface area (Å²) in [7, 11) is 0. The van der Waals surface area contributed by atoms with E-state index in [0.29, 0.717) is 18.0 Å². The first-order chi connectivity index (χ1) is 10.6. The van der Waals surface area contributed by atoms with Crippen LogP contribution in [0, 0.1) is 5.92 Å². The van der Waals surface area contributed by atoms with Crippen molar-refractivity contribution in [3.8, 4) is 0 Å². The molecule has 118 valence electrons. The maximum atomic E-state index is 12.9. The molecule has 0 saturated heterocycles. The number of carbonyl (C=O) groups is 1. The third kappa shape index (κ3) is 3.16. The summed E-state index contributed by atoms with van der Waals surface area (Å²) in [6.07, 6.45) is 5.86. The molecule has 0 saturated carbocycles. The van der Waals surface area contributed by atoms with Crippen LogP contribution in [0.3, 0.4) is 0 Å². The Morgan fingerprint density at radius 1 is 1.27 bits per heavy atom. The molecule has 0 radical (unpaired) electrons. The first kappa shape index (κ1) is 16.1. The van der Waals surface area contributed by atoms with Gasteiger partial charge in [0.25, 0.3) is 5.91 Å². The van der Waals surface area contributed by atoms with Gasteiger partial charge in [-0.3, -0.25) is 9.89 Å². The standard InChI is InChI=1S/C16H23N5O/c1-5-11(3)12(4)15-14(10-19-20-15)16(22)21(6-2)13-7-8-17-18-9-13/h7-12H,5-6H2,1-4H3,(H,19,20)/t11-,12?/m1/s1. The van der Waals surface area contributed by atoms with Gasteiger partial charge in [-0.1, -0.05) is 27.2 Å². The average Bonchev–Trinajstić information content (AvgIpc) is 3.04. The summed E-state index contributed by atoms with van der Waals surface area (Å²) < 4.78 is 0. The van der Waals surface area contributed by atoms with Crippen molar-refractivity contribution in [1.82, 2.24) is 20.4 Å². The van der Waals surface area contributed by atoms with Gasteiger partial charge in [0, 0.05) is 12.5 Å². The number of hydrogen-bond donors (Lipinski definition) is 1. The lowest BCUT2D eigenvalue weighted by Crippen LogP contribution is -2.31. The number of amides is 1. The minimum Gasteiger partial charge on any atom is -0.307 e. The fraction of sp³-hybridized carbons (Fsp3) is 0.500. The van der Waals surface area contributed by atoms with Crippen molar-refractivity contribution in [2.75, 3.05) is 11.4 Å².